The first-order valence-corrected chi connectivity index (χ1v) is 6.23. The van der Waals surface area contributed by atoms with Crippen molar-refractivity contribution in [3.63, 3.8) is 0 Å². The van der Waals surface area contributed by atoms with Gasteiger partial charge in [-0.05, 0) is 19.1 Å². The zero-order chi connectivity index (χ0) is 12.3. The molecule has 0 unspecified atom stereocenters. The molecule has 90 valence electrons. The van der Waals surface area contributed by atoms with Crippen LogP contribution >= 0.6 is 11.3 Å². The molecule has 0 aliphatic carbocycles. The number of anilines is 2. The molecule has 17 heavy (non-hydrogen) atoms. The molecule has 1 aromatic carbocycles. The summed E-state index contributed by atoms with van der Waals surface area (Å²) in [4.78, 5) is 4.36. The Hall–Kier alpha value is -1.62. The van der Waals surface area contributed by atoms with E-state index in [1.807, 2.05) is 12.3 Å². The Bertz CT molecular complexity index is 510. The molecule has 0 bridgehead atoms. The van der Waals surface area contributed by atoms with Gasteiger partial charge in [-0.3, -0.25) is 0 Å². The molecule has 0 fully saturated rings. The van der Waals surface area contributed by atoms with Crippen LogP contribution in [0.3, 0.4) is 0 Å². The van der Waals surface area contributed by atoms with Crippen molar-refractivity contribution in [2.75, 3.05) is 17.6 Å². The summed E-state index contributed by atoms with van der Waals surface area (Å²) in [5.74, 6) is -0.389. The fraction of sp³-hybridized carbons (Fsp3) is 0.250. The lowest BCUT2D eigenvalue weighted by Gasteiger charge is -2.08. The number of thiazole rings is 1. The standard InChI is InChI=1S/C12H14FN3S/c1-8-16-9(7-17-8)5-6-15-11-4-2-3-10(13)12(11)14/h2-4,7,15H,5-6,14H2,1H3. The van der Waals surface area contributed by atoms with Gasteiger partial charge in [-0.2, -0.15) is 0 Å². The molecule has 0 aliphatic heterocycles. The second-order valence-electron chi connectivity index (χ2n) is 3.74. The van der Waals surface area contributed by atoms with Crippen LogP contribution in [0.5, 0.6) is 0 Å². The van der Waals surface area contributed by atoms with Gasteiger partial charge >= 0.3 is 0 Å². The van der Waals surface area contributed by atoms with E-state index in [2.05, 4.69) is 10.3 Å². The molecule has 0 radical (unpaired) electrons. The maximum absolute atomic E-state index is 13.2. The Kier molecular flexibility index (Phi) is 3.58. The lowest BCUT2D eigenvalue weighted by molar-refractivity contribution is 0.633. The molecular weight excluding hydrogens is 237 g/mol. The summed E-state index contributed by atoms with van der Waals surface area (Å²) >= 11 is 1.63. The van der Waals surface area contributed by atoms with E-state index in [1.165, 1.54) is 6.07 Å². The van der Waals surface area contributed by atoms with E-state index in [1.54, 1.807) is 23.5 Å². The average Bonchev–Trinajstić information content (AvgIpc) is 2.70. The van der Waals surface area contributed by atoms with E-state index in [4.69, 9.17) is 5.73 Å². The van der Waals surface area contributed by atoms with Gasteiger partial charge < -0.3 is 11.1 Å². The van der Waals surface area contributed by atoms with Crippen molar-refractivity contribution in [1.82, 2.24) is 4.98 Å². The zero-order valence-corrected chi connectivity index (χ0v) is 10.4. The smallest absolute Gasteiger partial charge is 0.148 e. The highest BCUT2D eigenvalue weighted by Gasteiger charge is 2.04. The maximum Gasteiger partial charge on any atom is 0.148 e. The summed E-state index contributed by atoms with van der Waals surface area (Å²) in [5.41, 5.74) is 7.47. The Balaban J connectivity index is 1.92. The molecule has 5 heteroatoms. The zero-order valence-electron chi connectivity index (χ0n) is 9.53. The fourth-order valence-corrected chi connectivity index (χ4v) is 2.19. The molecule has 1 aromatic heterocycles. The van der Waals surface area contributed by atoms with E-state index in [0.29, 0.717) is 12.2 Å². The molecule has 2 aromatic rings. The van der Waals surface area contributed by atoms with Gasteiger partial charge in [0.2, 0.25) is 0 Å². The van der Waals surface area contributed by atoms with Crippen molar-refractivity contribution in [2.24, 2.45) is 0 Å². The molecule has 0 saturated carbocycles. The molecule has 3 N–H and O–H groups in total. The monoisotopic (exact) mass is 251 g/mol. The first-order chi connectivity index (χ1) is 8.16. The van der Waals surface area contributed by atoms with Crippen molar-refractivity contribution in [3.8, 4) is 0 Å². The number of hydrogen-bond donors (Lipinski definition) is 2. The first-order valence-electron chi connectivity index (χ1n) is 5.35. The van der Waals surface area contributed by atoms with Crippen LogP contribution in [0, 0.1) is 12.7 Å². The molecular formula is C12H14FN3S. The first kappa shape index (κ1) is 11.9. The molecule has 1 heterocycles. The van der Waals surface area contributed by atoms with E-state index >= 15 is 0 Å². The third-order valence-electron chi connectivity index (χ3n) is 2.42. The van der Waals surface area contributed by atoms with Crippen LogP contribution < -0.4 is 11.1 Å². The normalized spacial score (nSPS) is 10.5. The van der Waals surface area contributed by atoms with Crippen LogP contribution in [0.4, 0.5) is 15.8 Å². The van der Waals surface area contributed by atoms with E-state index in [0.717, 1.165) is 17.1 Å². The largest absolute Gasteiger partial charge is 0.395 e. The maximum atomic E-state index is 13.2. The number of halogens is 1. The lowest BCUT2D eigenvalue weighted by Crippen LogP contribution is -2.07. The van der Waals surface area contributed by atoms with Gasteiger partial charge in [0.25, 0.3) is 0 Å². The van der Waals surface area contributed by atoms with Crippen molar-refractivity contribution < 1.29 is 4.39 Å². The lowest BCUT2D eigenvalue weighted by atomic mass is 10.2. The average molecular weight is 251 g/mol. The summed E-state index contributed by atoms with van der Waals surface area (Å²) in [6.45, 7) is 2.67. The number of nitrogens with zero attached hydrogens (tertiary/aromatic N) is 1. The molecule has 3 nitrogen and oxygen atoms in total. The van der Waals surface area contributed by atoms with Crippen LogP contribution in [0.25, 0.3) is 0 Å². The van der Waals surface area contributed by atoms with Gasteiger partial charge in [0.15, 0.2) is 0 Å². The van der Waals surface area contributed by atoms with E-state index in [9.17, 15) is 4.39 Å². The fourth-order valence-electron chi connectivity index (χ4n) is 1.54. The highest BCUT2D eigenvalue weighted by Crippen LogP contribution is 2.21. The molecule has 0 atom stereocenters. The Morgan fingerprint density at radius 2 is 2.29 bits per heavy atom. The Morgan fingerprint density at radius 1 is 1.47 bits per heavy atom. The minimum atomic E-state index is -0.389. The molecule has 0 saturated heterocycles. The number of nitrogens with two attached hydrogens (primary N) is 1. The Labute approximate surface area is 103 Å². The SMILES string of the molecule is Cc1nc(CCNc2cccc(F)c2N)cs1. The van der Waals surface area contributed by atoms with Crippen LogP contribution in [0.15, 0.2) is 23.6 Å². The van der Waals surface area contributed by atoms with Crippen LogP contribution in [0.2, 0.25) is 0 Å². The van der Waals surface area contributed by atoms with Crippen LogP contribution in [-0.2, 0) is 6.42 Å². The highest BCUT2D eigenvalue weighted by molar-refractivity contribution is 7.09. The van der Waals surface area contributed by atoms with Crippen molar-refractivity contribution in [1.29, 1.82) is 0 Å². The van der Waals surface area contributed by atoms with E-state index in [-0.39, 0.29) is 11.5 Å². The number of para-hydroxylation sites is 1. The summed E-state index contributed by atoms with van der Waals surface area (Å²) in [5, 5.41) is 6.21. The van der Waals surface area contributed by atoms with Gasteiger partial charge in [-0.25, -0.2) is 9.37 Å². The minimum absolute atomic E-state index is 0.168. The second-order valence-corrected chi connectivity index (χ2v) is 4.80. The van der Waals surface area contributed by atoms with Gasteiger partial charge in [0.1, 0.15) is 5.82 Å². The summed E-state index contributed by atoms with van der Waals surface area (Å²) in [7, 11) is 0. The molecule has 0 amide bonds. The third kappa shape index (κ3) is 2.94. The van der Waals surface area contributed by atoms with Crippen LogP contribution in [-0.4, -0.2) is 11.5 Å². The number of benzene rings is 1. The number of rotatable bonds is 4. The molecule has 0 aliphatic rings. The van der Waals surface area contributed by atoms with Crippen molar-refractivity contribution >= 4 is 22.7 Å². The predicted molar refractivity (Wildman–Crippen MR) is 69.9 cm³/mol. The van der Waals surface area contributed by atoms with Gasteiger partial charge in [-0.15, -0.1) is 11.3 Å². The molecule has 2 rings (SSSR count). The van der Waals surface area contributed by atoms with Crippen molar-refractivity contribution in [3.05, 3.63) is 40.1 Å². The quantitative estimate of drug-likeness (QED) is 0.821. The van der Waals surface area contributed by atoms with Gasteiger partial charge in [0.05, 0.1) is 22.1 Å². The number of nitrogen functional groups attached to an aromatic ring is 1. The summed E-state index contributed by atoms with van der Waals surface area (Å²) in [6.07, 6.45) is 0.806. The van der Waals surface area contributed by atoms with E-state index < -0.39 is 0 Å². The van der Waals surface area contributed by atoms with Crippen molar-refractivity contribution in [2.45, 2.75) is 13.3 Å². The topological polar surface area (TPSA) is 50.9 Å². The third-order valence-corrected chi connectivity index (χ3v) is 3.24. The number of aromatic nitrogens is 1. The summed E-state index contributed by atoms with van der Waals surface area (Å²) < 4.78 is 13.2. The van der Waals surface area contributed by atoms with Crippen LogP contribution in [0.1, 0.15) is 10.7 Å². The summed E-state index contributed by atoms with van der Waals surface area (Å²) in [6, 6.07) is 4.76. The number of hydrogen-bond acceptors (Lipinski definition) is 4. The minimum Gasteiger partial charge on any atom is -0.395 e. The Morgan fingerprint density at radius 3 is 3.00 bits per heavy atom. The van der Waals surface area contributed by atoms with Gasteiger partial charge in [0, 0.05) is 18.3 Å². The molecule has 0 spiro atoms. The van der Waals surface area contributed by atoms with Gasteiger partial charge in [-0.1, -0.05) is 6.07 Å². The second kappa shape index (κ2) is 5.14. The highest BCUT2D eigenvalue weighted by atomic mass is 32.1. The number of nitrogens with one attached hydrogen (secondary N) is 1. The predicted octanol–water partition coefficient (Wildman–Crippen LogP) is 2.83. The number of aryl methyl sites for hydroxylation is 1.